The monoisotopic (exact) mass is 345 g/mol. The molecule has 1 aromatic heterocycles. The predicted molar refractivity (Wildman–Crippen MR) is 98.5 cm³/mol. The summed E-state index contributed by atoms with van der Waals surface area (Å²) in [7, 11) is 1.69. The van der Waals surface area contributed by atoms with E-state index in [9.17, 15) is 0 Å². The van der Waals surface area contributed by atoms with Gasteiger partial charge in [-0.2, -0.15) is 0 Å². The summed E-state index contributed by atoms with van der Waals surface area (Å²) < 4.78 is 5.99. The molecule has 0 fully saturated rings. The standard InChI is InChI=1S/C17H19N3OS2/c1-12(14-8-7-13-5-3-4-6-15(13)11-14)22-17-20-19-16(23-17)18-9-10-21-2/h3-8,11-12H,9-10H2,1-2H3,(H,18,19). The van der Waals surface area contributed by atoms with Crippen LogP contribution in [0.1, 0.15) is 17.7 Å². The Labute approximate surface area is 144 Å². The van der Waals surface area contributed by atoms with Crippen molar-refractivity contribution >= 4 is 39.0 Å². The number of aromatic nitrogens is 2. The molecule has 0 bridgehead atoms. The molecule has 0 amide bonds. The molecule has 0 aliphatic carbocycles. The predicted octanol–water partition coefficient (Wildman–Crippen LogP) is 4.60. The number of benzene rings is 2. The molecule has 23 heavy (non-hydrogen) atoms. The lowest BCUT2D eigenvalue weighted by Crippen LogP contribution is -2.06. The van der Waals surface area contributed by atoms with Crippen LogP contribution in [-0.4, -0.2) is 30.5 Å². The molecule has 120 valence electrons. The number of rotatable bonds is 7. The zero-order valence-corrected chi connectivity index (χ0v) is 14.8. The number of nitrogens with zero attached hydrogens (tertiary/aromatic N) is 2. The van der Waals surface area contributed by atoms with Crippen molar-refractivity contribution in [2.24, 2.45) is 0 Å². The summed E-state index contributed by atoms with van der Waals surface area (Å²) in [5.74, 6) is 0. The van der Waals surface area contributed by atoms with E-state index in [1.165, 1.54) is 16.3 Å². The molecule has 2 aromatic carbocycles. The van der Waals surface area contributed by atoms with Crippen molar-refractivity contribution in [1.82, 2.24) is 10.2 Å². The van der Waals surface area contributed by atoms with Crippen LogP contribution in [0.15, 0.2) is 46.8 Å². The topological polar surface area (TPSA) is 47.0 Å². The van der Waals surface area contributed by atoms with Gasteiger partial charge < -0.3 is 10.1 Å². The quantitative estimate of drug-likeness (QED) is 0.501. The van der Waals surface area contributed by atoms with Crippen molar-refractivity contribution in [2.45, 2.75) is 16.5 Å². The molecule has 1 unspecified atom stereocenters. The molecule has 1 N–H and O–H groups in total. The van der Waals surface area contributed by atoms with Crippen molar-refractivity contribution < 1.29 is 4.74 Å². The van der Waals surface area contributed by atoms with Crippen LogP contribution in [-0.2, 0) is 4.74 Å². The Kier molecular flexibility index (Phi) is 5.48. The third-order valence-corrected chi connectivity index (χ3v) is 5.63. The minimum Gasteiger partial charge on any atom is -0.383 e. The molecule has 1 heterocycles. The number of ether oxygens (including phenoxy) is 1. The van der Waals surface area contributed by atoms with Gasteiger partial charge in [0.15, 0.2) is 4.34 Å². The number of hydrogen-bond donors (Lipinski definition) is 1. The minimum absolute atomic E-state index is 0.333. The Morgan fingerprint density at radius 2 is 2.00 bits per heavy atom. The van der Waals surface area contributed by atoms with Crippen molar-refractivity contribution in [3.05, 3.63) is 48.0 Å². The molecule has 0 aliphatic rings. The lowest BCUT2D eigenvalue weighted by Gasteiger charge is -2.10. The first-order chi connectivity index (χ1) is 11.3. The second kappa shape index (κ2) is 7.77. The Morgan fingerprint density at radius 3 is 2.83 bits per heavy atom. The summed E-state index contributed by atoms with van der Waals surface area (Å²) in [4.78, 5) is 0. The third-order valence-electron chi connectivity index (χ3n) is 3.51. The Hall–Kier alpha value is -1.63. The minimum atomic E-state index is 0.333. The van der Waals surface area contributed by atoms with E-state index in [4.69, 9.17) is 4.74 Å². The van der Waals surface area contributed by atoms with E-state index in [0.29, 0.717) is 11.9 Å². The van der Waals surface area contributed by atoms with Crippen LogP contribution in [0, 0.1) is 0 Å². The van der Waals surface area contributed by atoms with Crippen LogP contribution >= 0.6 is 23.1 Å². The van der Waals surface area contributed by atoms with Crippen molar-refractivity contribution in [3.63, 3.8) is 0 Å². The van der Waals surface area contributed by atoms with Crippen LogP contribution < -0.4 is 5.32 Å². The van der Waals surface area contributed by atoms with Gasteiger partial charge in [-0.1, -0.05) is 65.6 Å². The Morgan fingerprint density at radius 1 is 1.17 bits per heavy atom. The van der Waals surface area contributed by atoms with Gasteiger partial charge in [-0.05, 0) is 23.3 Å². The molecular formula is C17H19N3OS2. The highest BCUT2D eigenvalue weighted by Gasteiger charge is 2.12. The molecule has 0 saturated heterocycles. The van der Waals surface area contributed by atoms with Crippen molar-refractivity contribution in [1.29, 1.82) is 0 Å². The summed E-state index contributed by atoms with van der Waals surface area (Å²) in [5, 5.41) is 15.3. The summed E-state index contributed by atoms with van der Waals surface area (Å²) in [6.45, 7) is 3.61. The third kappa shape index (κ3) is 4.22. The van der Waals surface area contributed by atoms with Gasteiger partial charge in [0.05, 0.1) is 6.61 Å². The fourth-order valence-corrected chi connectivity index (χ4v) is 4.31. The zero-order chi connectivity index (χ0) is 16.1. The second-order valence-corrected chi connectivity index (χ2v) is 7.72. The van der Waals surface area contributed by atoms with E-state index in [1.807, 2.05) is 0 Å². The molecule has 3 aromatic rings. The maximum Gasteiger partial charge on any atom is 0.206 e. The Bertz CT molecular complexity index is 775. The number of hydrogen-bond acceptors (Lipinski definition) is 6. The fraction of sp³-hybridized carbons (Fsp3) is 0.294. The fourth-order valence-electron chi connectivity index (χ4n) is 2.27. The summed E-state index contributed by atoms with van der Waals surface area (Å²) in [6.07, 6.45) is 0. The maximum absolute atomic E-state index is 5.02. The molecule has 0 spiro atoms. The van der Waals surface area contributed by atoms with Gasteiger partial charge in [-0.15, -0.1) is 10.2 Å². The van der Waals surface area contributed by atoms with E-state index >= 15 is 0 Å². The molecule has 0 aliphatic heterocycles. The van der Waals surface area contributed by atoms with Gasteiger partial charge in [0.1, 0.15) is 0 Å². The molecule has 4 nitrogen and oxygen atoms in total. The van der Waals surface area contributed by atoms with Crippen molar-refractivity contribution in [3.8, 4) is 0 Å². The van der Waals surface area contributed by atoms with Crippen LogP contribution in [0.5, 0.6) is 0 Å². The van der Waals surface area contributed by atoms with E-state index in [2.05, 4.69) is 64.9 Å². The number of nitrogens with one attached hydrogen (secondary N) is 1. The lowest BCUT2D eigenvalue weighted by atomic mass is 10.1. The largest absolute Gasteiger partial charge is 0.383 e. The van der Waals surface area contributed by atoms with E-state index < -0.39 is 0 Å². The van der Waals surface area contributed by atoms with Gasteiger partial charge in [0, 0.05) is 18.9 Å². The highest BCUT2D eigenvalue weighted by molar-refractivity contribution is 8.01. The smallest absolute Gasteiger partial charge is 0.206 e. The molecule has 0 saturated carbocycles. The summed E-state index contributed by atoms with van der Waals surface area (Å²) in [6, 6.07) is 15.1. The first-order valence-electron chi connectivity index (χ1n) is 7.48. The van der Waals surface area contributed by atoms with Gasteiger partial charge in [-0.3, -0.25) is 0 Å². The highest BCUT2D eigenvalue weighted by Crippen LogP contribution is 2.38. The second-order valence-electron chi connectivity index (χ2n) is 5.16. The normalized spacial score (nSPS) is 12.4. The van der Waals surface area contributed by atoms with E-state index in [-0.39, 0.29) is 0 Å². The van der Waals surface area contributed by atoms with Crippen LogP contribution in [0.25, 0.3) is 10.8 Å². The Balaban J connectivity index is 1.66. The molecular weight excluding hydrogens is 326 g/mol. The van der Waals surface area contributed by atoms with Gasteiger partial charge in [-0.25, -0.2) is 0 Å². The van der Waals surface area contributed by atoms with Crippen LogP contribution in [0.3, 0.4) is 0 Å². The number of fused-ring (bicyclic) bond motifs is 1. The average Bonchev–Trinajstić information content (AvgIpc) is 3.02. The van der Waals surface area contributed by atoms with Gasteiger partial charge in [0.2, 0.25) is 5.13 Å². The average molecular weight is 345 g/mol. The highest BCUT2D eigenvalue weighted by atomic mass is 32.2. The maximum atomic E-state index is 5.02. The molecule has 0 radical (unpaired) electrons. The van der Waals surface area contributed by atoms with E-state index in [0.717, 1.165) is 16.0 Å². The van der Waals surface area contributed by atoms with Gasteiger partial charge >= 0.3 is 0 Å². The van der Waals surface area contributed by atoms with Crippen LogP contribution in [0.4, 0.5) is 5.13 Å². The number of thioether (sulfide) groups is 1. The zero-order valence-electron chi connectivity index (χ0n) is 13.2. The molecule has 3 rings (SSSR count). The summed E-state index contributed by atoms with van der Waals surface area (Å²) in [5.41, 5.74) is 1.30. The van der Waals surface area contributed by atoms with E-state index in [1.54, 1.807) is 30.2 Å². The van der Waals surface area contributed by atoms with Crippen molar-refractivity contribution in [2.75, 3.05) is 25.6 Å². The molecule has 1 atom stereocenters. The number of anilines is 1. The number of methoxy groups -OCH3 is 1. The first kappa shape index (κ1) is 16.2. The first-order valence-corrected chi connectivity index (χ1v) is 9.17. The SMILES string of the molecule is COCCNc1nnc(SC(C)c2ccc3ccccc3c2)s1. The van der Waals surface area contributed by atoms with Crippen LogP contribution in [0.2, 0.25) is 0 Å². The van der Waals surface area contributed by atoms with Gasteiger partial charge in [0.25, 0.3) is 0 Å². The lowest BCUT2D eigenvalue weighted by molar-refractivity contribution is 0.211. The summed E-state index contributed by atoms with van der Waals surface area (Å²) >= 11 is 3.32. The molecule has 6 heteroatoms.